The first-order valence-corrected chi connectivity index (χ1v) is 2.06. The lowest BCUT2D eigenvalue weighted by Gasteiger charge is -1.92. The molecule has 8 heavy (non-hydrogen) atoms. The topological polar surface area (TPSA) is 90.2 Å². The lowest BCUT2D eigenvalue weighted by Crippen LogP contribution is -1.94. The van der Waals surface area contributed by atoms with E-state index in [4.69, 9.17) is 5.11 Å². The molecular formula is C5H16N2O. The fourth-order valence-electron chi connectivity index (χ4n) is 0.241. The van der Waals surface area contributed by atoms with E-state index in [1.54, 1.807) is 13.0 Å². The van der Waals surface area contributed by atoms with Crippen LogP contribution in [0.25, 0.3) is 0 Å². The quantitative estimate of drug-likeness (QED) is 0.479. The third kappa shape index (κ3) is 17.5. The Balaban J connectivity index is -0.000000125. The molecule has 0 fully saturated rings. The zero-order valence-electron chi connectivity index (χ0n) is 5.43. The van der Waals surface area contributed by atoms with Crippen molar-refractivity contribution in [1.82, 2.24) is 12.3 Å². The van der Waals surface area contributed by atoms with E-state index in [0.29, 0.717) is 6.42 Å². The van der Waals surface area contributed by atoms with Gasteiger partial charge in [-0.1, -0.05) is 6.08 Å². The monoisotopic (exact) mass is 120 g/mol. The molecule has 1 atom stereocenters. The van der Waals surface area contributed by atoms with Gasteiger partial charge in [0.15, 0.2) is 0 Å². The zero-order chi connectivity index (χ0) is 4.99. The van der Waals surface area contributed by atoms with Gasteiger partial charge in [-0.25, -0.2) is 0 Å². The van der Waals surface area contributed by atoms with Crippen molar-refractivity contribution in [3.63, 3.8) is 0 Å². The zero-order valence-corrected chi connectivity index (χ0v) is 5.43. The van der Waals surface area contributed by atoms with Gasteiger partial charge in [-0.15, -0.1) is 6.58 Å². The largest absolute Gasteiger partial charge is 0.393 e. The summed E-state index contributed by atoms with van der Waals surface area (Å²) in [6.45, 7) is 5.18. The number of hydrogen-bond donors (Lipinski definition) is 3. The van der Waals surface area contributed by atoms with E-state index < -0.39 is 0 Å². The molecule has 0 aliphatic heterocycles. The van der Waals surface area contributed by atoms with E-state index in [1.165, 1.54) is 0 Å². The highest BCUT2D eigenvalue weighted by molar-refractivity contribution is 4.68. The number of hydrogen-bond acceptors (Lipinski definition) is 3. The van der Waals surface area contributed by atoms with Gasteiger partial charge in [0, 0.05) is 0 Å². The molecule has 0 aliphatic rings. The summed E-state index contributed by atoms with van der Waals surface area (Å²) in [7, 11) is 0. The van der Waals surface area contributed by atoms with E-state index in [2.05, 4.69) is 6.58 Å². The predicted octanol–water partition coefficient (Wildman–Crippen LogP) is 1.27. The van der Waals surface area contributed by atoms with Crippen molar-refractivity contribution in [3.05, 3.63) is 12.7 Å². The molecule has 52 valence electrons. The molecule has 0 spiro atoms. The van der Waals surface area contributed by atoms with Crippen molar-refractivity contribution in [2.45, 2.75) is 19.4 Å². The molecule has 0 saturated heterocycles. The molecule has 3 nitrogen and oxygen atoms in total. The molecule has 0 aromatic heterocycles. The first-order valence-electron chi connectivity index (χ1n) is 2.06. The standard InChI is InChI=1S/C5H10O.2H3N/c1-3-4-5(2)6;;/h3,5-6H,1,4H2,2H3;2*1H3. The van der Waals surface area contributed by atoms with Gasteiger partial charge in [0.25, 0.3) is 0 Å². The summed E-state index contributed by atoms with van der Waals surface area (Å²) < 4.78 is 0. The maximum absolute atomic E-state index is 8.48. The van der Waals surface area contributed by atoms with Gasteiger partial charge in [0.2, 0.25) is 0 Å². The Morgan fingerprint density at radius 2 is 2.00 bits per heavy atom. The van der Waals surface area contributed by atoms with Crippen LogP contribution in [0.3, 0.4) is 0 Å². The van der Waals surface area contributed by atoms with Crippen molar-refractivity contribution in [1.29, 1.82) is 0 Å². The maximum atomic E-state index is 8.48. The van der Waals surface area contributed by atoms with E-state index in [1.807, 2.05) is 0 Å². The average molecular weight is 120 g/mol. The molecule has 0 aromatic rings. The molecular weight excluding hydrogens is 104 g/mol. The van der Waals surface area contributed by atoms with Crippen LogP contribution >= 0.6 is 0 Å². The van der Waals surface area contributed by atoms with Crippen LogP contribution in [0, 0.1) is 0 Å². The van der Waals surface area contributed by atoms with Crippen LogP contribution in [0.5, 0.6) is 0 Å². The van der Waals surface area contributed by atoms with Crippen molar-refractivity contribution < 1.29 is 5.11 Å². The minimum atomic E-state index is -0.220. The van der Waals surface area contributed by atoms with Gasteiger partial charge in [-0.2, -0.15) is 0 Å². The minimum Gasteiger partial charge on any atom is -0.393 e. The fraction of sp³-hybridized carbons (Fsp3) is 0.600. The molecule has 0 heterocycles. The SMILES string of the molecule is C=CCC(C)O.N.N. The summed E-state index contributed by atoms with van der Waals surface area (Å²) in [5.41, 5.74) is 0. The Kier molecular flexibility index (Phi) is 19.2. The summed E-state index contributed by atoms with van der Waals surface area (Å²) in [6, 6.07) is 0. The fourth-order valence-corrected chi connectivity index (χ4v) is 0.241. The van der Waals surface area contributed by atoms with Crippen LogP contribution < -0.4 is 12.3 Å². The Labute approximate surface area is 50.6 Å². The number of rotatable bonds is 2. The Morgan fingerprint density at radius 3 is 2.00 bits per heavy atom. The van der Waals surface area contributed by atoms with Crippen LogP contribution in [0.2, 0.25) is 0 Å². The Hall–Kier alpha value is -0.380. The van der Waals surface area contributed by atoms with Gasteiger partial charge >= 0.3 is 0 Å². The van der Waals surface area contributed by atoms with Crippen LogP contribution in [0.4, 0.5) is 0 Å². The summed E-state index contributed by atoms with van der Waals surface area (Å²) in [5, 5.41) is 8.48. The smallest absolute Gasteiger partial charge is 0.0546 e. The van der Waals surface area contributed by atoms with Crippen LogP contribution in [-0.2, 0) is 0 Å². The van der Waals surface area contributed by atoms with Crippen LogP contribution in [0.15, 0.2) is 12.7 Å². The third-order valence-corrected chi connectivity index (χ3v) is 0.508. The summed E-state index contributed by atoms with van der Waals surface area (Å²) in [5.74, 6) is 0. The highest BCUT2D eigenvalue weighted by Gasteiger charge is 1.84. The highest BCUT2D eigenvalue weighted by atomic mass is 16.3. The van der Waals surface area contributed by atoms with E-state index in [0.717, 1.165) is 0 Å². The van der Waals surface area contributed by atoms with Gasteiger partial charge in [-0.05, 0) is 13.3 Å². The van der Waals surface area contributed by atoms with E-state index >= 15 is 0 Å². The van der Waals surface area contributed by atoms with Crippen molar-refractivity contribution in [3.8, 4) is 0 Å². The van der Waals surface area contributed by atoms with Gasteiger partial charge in [0.1, 0.15) is 0 Å². The Bertz CT molecular complexity index is 45.7. The number of aliphatic hydroxyl groups is 1. The van der Waals surface area contributed by atoms with Crippen molar-refractivity contribution in [2.24, 2.45) is 0 Å². The van der Waals surface area contributed by atoms with Crippen LogP contribution in [-0.4, -0.2) is 11.2 Å². The molecule has 0 radical (unpaired) electrons. The first-order chi connectivity index (χ1) is 2.77. The van der Waals surface area contributed by atoms with E-state index in [9.17, 15) is 0 Å². The second-order valence-corrected chi connectivity index (χ2v) is 1.37. The second kappa shape index (κ2) is 9.80. The van der Waals surface area contributed by atoms with Gasteiger partial charge in [-0.3, -0.25) is 0 Å². The molecule has 0 aliphatic carbocycles. The molecule has 0 saturated carbocycles. The lowest BCUT2D eigenvalue weighted by atomic mass is 10.3. The summed E-state index contributed by atoms with van der Waals surface area (Å²) >= 11 is 0. The van der Waals surface area contributed by atoms with Crippen molar-refractivity contribution in [2.75, 3.05) is 0 Å². The summed E-state index contributed by atoms with van der Waals surface area (Å²) in [4.78, 5) is 0. The predicted molar refractivity (Wildman–Crippen MR) is 36.5 cm³/mol. The molecule has 0 rings (SSSR count). The van der Waals surface area contributed by atoms with Gasteiger partial charge < -0.3 is 17.4 Å². The highest BCUT2D eigenvalue weighted by Crippen LogP contribution is 1.85. The molecule has 1 unspecified atom stereocenters. The first kappa shape index (κ1) is 15.6. The second-order valence-electron chi connectivity index (χ2n) is 1.37. The normalized spacial score (nSPS) is 10.2. The van der Waals surface area contributed by atoms with Crippen molar-refractivity contribution >= 4 is 0 Å². The molecule has 0 bridgehead atoms. The third-order valence-electron chi connectivity index (χ3n) is 0.508. The van der Waals surface area contributed by atoms with E-state index in [-0.39, 0.29) is 18.4 Å². The molecule has 0 amide bonds. The summed E-state index contributed by atoms with van der Waals surface area (Å²) in [6.07, 6.45) is 2.17. The molecule has 3 heteroatoms. The Morgan fingerprint density at radius 1 is 1.62 bits per heavy atom. The average Bonchev–Trinajstić information content (AvgIpc) is 1.35. The minimum absolute atomic E-state index is 0. The lowest BCUT2D eigenvalue weighted by molar-refractivity contribution is 0.198. The van der Waals surface area contributed by atoms with Gasteiger partial charge in [0.05, 0.1) is 6.10 Å². The molecule has 7 N–H and O–H groups in total. The maximum Gasteiger partial charge on any atom is 0.0546 e. The van der Waals surface area contributed by atoms with Crippen LogP contribution in [0.1, 0.15) is 13.3 Å². The number of aliphatic hydroxyl groups excluding tert-OH is 1. The molecule has 0 aromatic carbocycles.